The number of aliphatic hydroxyl groups is 1. The highest BCUT2D eigenvalue weighted by Gasteiger charge is 2.20. The summed E-state index contributed by atoms with van der Waals surface area (Å²) in [5, 5.41) is 23.0. The number of carbonyl (C=O) groups excluding carboxylic acids is 1. The smallest absolute Gasteiger partial charge is 0.326 e. The quantitative estimate of drug-likeness (QED) is 0.453. The average Bonchev–Trinajstić information content (AvgIpc) is 2.37. The van der Waals surface area contributed by atoms with Crippen molar-refractivity contribution in [2.24, 2.45) is 0 Å². The van der Waals surface area contributed by atoms with Crippen LogP contribution >= 0.6 is 0 Å². The third-order valence-corrected chi connectivity index (χ3v) is 2.79. The summed E-state index contributed by atoms with van der Waals surface area (Å²) in [6, 6.07) is -1.06. The Kier molecular flexibility index (Phi) is 6.63. The Morgan fingerprint density at radius 1 is 1.39 bits per heavy atom. The molecule has 1 aliphatic rings. The summed E-state index contributed by atoms with van der Waals surface area (Å²) in [5.74, 6) is -1.62. The van der Waals surface area contributed by atoms with Gasteiger partial charge in [-0.3, -0.25) is 4.79 Å². The highest BCUT2D eigenvalue weighted by molar-refractivity contribution is 5.84. The molecule has 0 spiro atoms. The highest BCUT2D eigenvalue weighted by Crippen LogP contribution is 2.06. The van der Waals surface area contributed by atoms with Crippen LogP contribution in [-0.2, 0) is 14.3 Å². The predicted molar refractivity (Wildman–Crippen MR) is 63.1 cm³/mol. The number of piperidine rings is 1. The molecule has 0 saturated carbocycles. The minimum absolute atomic E-state index is 0.00553. The zero-order chi connectivity index (χ0) is 13.4. The van der Waals surface area contributed by atoms with E-state index >= 15 is 0 Å². The summed E-state index contributed by atoms with van der Waals surface area (Å²) >= 11 is 0. The highest BCUT2D eigenvalue weighted by atomic mass is 16.5. The number of hydrogen-bond acceptors (Lipinski definition) is 5. The first-order valence-corrected chi connectivity index (χ1v) is 6.09. The predicted octanol–water partition coefficient (Wildman–Crippen LogP) is -1.29. The number of aliphatic carboxylic acids is 1. The molecular formula is C11H20N2O5. The number of carboxylic acid groups (broad SMARTS) is 1. The van der Waals surface area contributed by atoms with Crippen molar-refractivity contribution in [3.8, 4) is 0 Å². The number of carbonyl (C=O) groups is 2. The van der Waals surface area contributed by atoms with E-state index in [4.69, 9.17) is 14.9 Å². The van der Waals surface area contributed by atoms with Crippen molar-refractivity contribution in [3.05, 3.63) is 0 Å². The molecule has 104 valence electrons. The number of hydrogen-bond donors (Lipinski definition) is 4. The van der Waals surface area contributed by atoms with Crippen LogP contribution in [0.3, 0.4) is 0 Å². The van der Waals surface area contributed by atoms with Crippen molar-refractivity contribution in [2.45, 2.75) is 31.4 Å². The monoisotopic (exact) mass is 260 g/mol. The van der Waals surface area contributed by atoms with Crippen LogP contribution in [0.5, 0.6) is 0 Å². The molecule has 0 aliphatic carbocycles. The van der Waals surface area contributed by atoms with Crippen molar-refractivity contribution in [1.82, 2.24) is 10.6 Å². The molecule has 0 unspecified atom stereocenters. The number of aliphatic hydroxyl groups excluding tert-OH is 1. The Hall–Kier alpha value is -1.18. The molecule has 1 saturated heterocycles. The molecule has 0 aromatic rings. The second-order valence-electron chi connectivity index (χ2n) is 4.23. The van der Waals surface area contributed by atoms with Crippen molar-refractivity contribution in [3.63, 3.8) is 0 Å². The molecule has 0 radical (unpaired) electrons. The van der Waals surface area contributed by atoms with Gasteiger partial charge >= 0.3 is 5.97 Å². The molecule has 18 heavy (non-hydrogen) atoms. The van der Waals surface area contributed by atoms with Crippen molar-refractivity contribution in [1.29, 1.82) is 0 Å². The third kappa shape index (κ3) is 5.44. The SMILES string of the molecule is O=C(COC1CCNCC1)N[C@@H](CCO)C(=O)O. The van der Waals surface area contributed by atoms with Crippen molar-refractivity contribution in [2.75, 3.05) is 26.3 Å². The molecular weight excluding hydrogens is 240 g/mol. The minimum Gasteiger partial charge on any atom is -0.480 e. The van der Waals surface area contributed by atoms with E-state index in [-0.39, 0.29) is 25.7 Å². The van der Waals surface area contributed by atoms with Crippen LogP contribution in [0.15, 0.2) is 0 Å². The van der Waals surface area contributed by atoms with Crippen LogP contribution in [0.2, 0.25) is 0 Å². The largest absolute Gasteiger partial charge is 0.480 e. The fourth-order valence-corrected chi connectivity index (χ4v) is 1.78. The van der Waals surface area contributed by atoms with Crippen LogP contribution in [0.25, 0.3) is 0 Å². The first-order chi connectivity index (χ1) is 8.63. The number of ether oxygens (including phenoxy) is 1. The van der Waals surface area contributed by atoms with E-state index in [9.17, 15) is 9.59 Å². The van der Waals surface area contributed by atoms with Gasteiger partial charge in [0.15, 0.2) is 0 Å². The van der Waals surface area contributed by atoms with Crippen molar-refractivity contribution >= 4 is 11.9 Å². The van der Waals surface area contributed by atoms with Crippen LogP contribution < -0.4 is 10.6 Å². The lowest BCUT2D eigenvalue weighted by atomic mass is 10.1. The second-order valence-corrected chi connectivity index (χ2v) is 4.23. The van der Waals surface area contributed by atoms with Crippen LogP contribution in [0.1, 0.15) is 19.3 Å². The second kappa shape index (κ2) is 8.02. The molecule has 1 atom stereocenters. The van der Waals surface area contributed by atoms with Crippen LogP contribution in [0, 0.1) is 0 Å². The molecule has 1 aliphatic heterocycles. The molecule has 1 fully saturated rings. The molecule has 1 heterocycles. The summed E-state index contributed by atoms with van der Waals surface area (Å²) in [6.45, 7) is 1.31. The van der Waals surface area contributed by atoms with Gasteiger partial charge in [0.25, 0.3) is 0 Å². The summed E-state index contributed by atoms with van der Waals surface area (Å²) in [4.78, 5) is 22.2. The van der Waals surface area contributed by atoms with Crippen LogP contribution in [0.4, 0.5) is 0 Å². The van der Waals surface area contributed by atoms with E-state index in [1.165, 1.54) is 0 Å². The molecule has 4 N–H and O–H groups in total. The normalized spacial score (nSPS) is 18.3. The Labute approximate surface area is 106 Å². The topological polar surface area (TPSA) is 108 Å². The lowest BCUT2D eigenvalue weighted by Gasteiger charge is -2.23. The van der Waals surface area contributed by atoms with Gasteiger partial charge in [0.1, 0.15) is 12.6 Å². The molecule has 0 aromatic heterocycles. The molecule has 1 rings (SSSR count). The summed E-state index contributed by atoms with van der Waals surface area (Å²) in [5.41, 5.74) is 0. The van der Waals surface area contributed by atoms with Gasteiger partial charge in [-0.1, -0.05) is 0 Å². The molecule has 0 bridgehead atoms. The zero-order valence-electron chi connectivity index (χ0n) is 10.2. The van der Waals surface area contributed by atoms with E-state index in [1.54, 1.807) is 0 Å². The van der Waals surface area contributed by atoms with E-state index in [0.29, 0.717) is 0 Å². The van der Waals surface area contributed by atoms with Gasteiger partial charge < -0.3 is 25.6 Å². The first kappa shape index (κ1) is 14.9. The molecule has 1 amide bonds. The number of amides is 1. The standard InChI is InChI=1S/C11H20N2O5/c14-6-3-9(11(16)17)13-10(15)7-18-8-1-4-12-5-2-8/h8-9,12,14H,1-7H2,(H,13,15)(H,16,17)/t9-/m0/s1. The number of nitrogens with one attached hydrogen (secondary N) is 2. The summed E-state index contributed by atoms with van der Waals surface area (Å²) in [6.07, 6.45) is 1.76. The lowest BCUT2D eigenvalue weighted by Crippen LogP contribution is -2.44. The van der Waals surface area contributed by atoms with E-state index < -0.39 is 17.9 Å². The van der Waals surface area contributed by atoms with Gasteiger partial charge in [0, 0.05) is 13.0 Å². The maximum atomic E-state index is 11.5. The van der Waals surface area contributed by atoms with E-state index in [2.05, 4.69) is 10.6 Å². The number of rotatable bonds is 7. The maximum absolute atomic E-state index is 11.5. The third-order valence-electron chi connectivity index (χ3n) is 2.79. The van der Waals surface area contributed by atoms with Crippen molar-refractivity contribution < 1.29 is 24.5 Å². The van der Waals surface area contributed by atoms with Gasteiger partial charge in [-0.05, 0) is 25.9 Å². The summed E-state index contributed by atoms with van der Waals surface area (Å²) < 4.78 is 5.40. The number of carboxylic acids is 1. The van der Waals surface area contributed by atoms with E-state index in [1.807, 2.05) is 0 Å². The molecule has 0 aromatic carbocycles. The molecule has 7 nitrogen and oxygen atoms in total. The fraction of sp³-hybridized carbons (Fsp3) is 0.818. The van der Waals surface area contributed by atoms with Gasteiger partial charge in [0.2, 0.25) is 5.91 Å². The zero-order valence-corrected chi connectivity index (χ0v) is 10.2. The van der Waals surface area contributed by atoms with Gasteiger partial charge in [-0.25, -0.2) is 4.79 Å². The van der Waals surface area contributed by atoms with Crippen LogP contribution in [-0.4, -0.2) is 60.5 Å². The Morgan fingerprint density at radius 2 is 2.06 bits per heavy atom. The van der Waals surface area contributed by atoms with Gasteiger partial charge in [-0.15, -0.1) is 0 Å². The average molecular weight is 260 g/mol. The maximum Gasteiger partial charge on any atom is 0.326 e. The fourth-order valence-electron chi connectivity index (χ4n) is 1.78. The summed E-state index contributed by atoms with van der Waals surface area (Å²) in [7, 11) is 0. The minimum atomic E-state index is -1.15. The van der Waals surface area contributed by atoms with E-state index in [0.717, 1.165) is 25.9 Å². The van der Waals surface area contributed by atoms with Gasteiger partial charge in [0.05, 0.1) is 6.10 Å². The molecule has 7 heteroatoms. The van der Waals surface area contributed by atoms with Gasteiger partial charge in [-0.2, -0.15) is 0 Å². The Balaban J connectivity index is 2.24. The Bertz CT molecular complexity index is 279. The lowest BCUT2D eigenvalue weighted by molar-refractivity contribution is -0.143. The first-order valence-electron chi connectivity index (χ1n) is 6.09. The Morgan fingerprint density at radius 3 is 2.61 bits per heavy atom.